The largest absolute Gasteiger partial charge is 0.343 e. The van der Waals surface area contributed by atoms with Gasteiger partial charge in [0.15, 0.2) is 0 Å². The van der Waals surface area contributed by atoms with Crippen molar-refractivity contribution < 1.29 is 4.79 Å². The van der Waals surface area contributed by atoms with Gasteiger partial charge in [-0.15, -0.1) is 0 Å². The molecule has 1 amide bonds. The lowest BCUT2D eigenvalue weighted by Crippen LogP contribution is -2.44. The van der Waals surface area contributed by atoms with Gasteiger partial charge < -0.3 is 9.80 Å². The Labute approximate surface area is 161 Å². The van der Waals surface area contributed by atoms with E-state index < -0.39 is 0 Å². The van der Waals surface area contributed by atoms with Gasteiger partial charge in [0.2, 0.25) is 5.91 Å². The summed E-state index contributed by atoms with van der Waals surface area (Å²) < 4.78 is 0. The molecule has 3 fully saturated rings. The number of carbonyl (C=O) groups excluding carboxylic acids is 1. The first kappa shape index (κ1) is 20.2. The molecule has 2 saturated heterocycles. The average Bonchev–Trinajstić information content (AvgIpc) is 2.68. The summed E-state index contributed by atoms with van der Waals surface area (Å²) in [6, 6.07) is 0.878. The van der Waals surface area contributed by atoms with Gasteiger partial charge in [-0.1, -0.05) is 20.8 Å². The van der Waals surface area contributed by atoms with E-state index >= 15 is 0 Å². The second-order valence-corrected chi connectivity index (χ2v) is 9.71. The van der Waals surface area contributed by atoms with Gasteiger partial charge >= 0.3 is 0 Å². The maximum Gasteiger partial charge on any atom is 0.222 e. The van der Waals surface area contributed by atoms with Gasteiger partial charge in [0.25, 0.3) is 0 Å². The van der Waals surface area contributed by atoms with Crippen molar-refractivity contribution in [2.24, 2.45) is 23.7 Å². The molecule has 2 aliphatic heterocycles. The number of hydrogen-bond acceptors (Lipinski definition) is 2. The van der Waals surface area contributed by atoms with Crippen molar-refractivity contribution in [2.75, 3.05) is 26.2 Å². The van der Waals surface area contributed by atoms with Crippen molar-refractivity contribution in [2.45, 2.75) is 91.0 Å². The maximum absolute atomic E-state index is 11.8. The van der Waals surface area contributed by atoms with Crippen LogP contribution in [0.3, 0.4) is 0 Å². The minimum absolute atomic E-state index is 0.352. The summed E-state index contributed by atoms with van der Waals surface area (Å²) in [6.07, 6.45) is 13.2. The molecule has 0 aromatic carbocycles. The van der Waals surface area contributed by atoms with Crippen molar-refractivity contribution in [1.82, 2.24) is 9.80 Å². The van der Waals surface area contributed by atoms with E-state index in [1.807, 2.05) is 6.92 Å². The Morgan fingerprint density at radius 2 is 1.42 bits per heavy atom. The summed E-state index contributed by atoms with van der Waals surface area (Å²) in [4.78, 5) is 16.7. The SMILES string of the molecule is CCC(=O)N1CCC(C[C@H]2CC[C@@H](N3CCC(C(C)C)CC3)CC2)CC1. The summed E-state index contributed by atoms with van der Waals surface area (Å²) in [7, 11) is 0. The highest BCUT2D eigenvalue weighted by atomic mass is 16.2. The first-order valence-electron chi connectivity index (χ1n) is 11.6. The number of rotatable bonds is 5. The Morgan fingerprint density at radius 1 is 0.846 bits per heavy atom. The molecule has 0 aromatic heterocycles. The van der Waals surface area contributed by atoms with Gasteiger partial charge in [0.05, 0.1) is 0 Å². The van der Waals surface area contributed by atoms with Gasteiger partial charge in [-0.3, -0.25) is 4.79 Å². The van der Waals surface area contributed by atoms with Crippen molar-refractivity contribution in [3.63, 3.8) is 0 Å². The van der Waals surface area contributed by atoms with Gasteiger partial charge in [0.1, 0.15) is 0 Å². The van der Waals surface area contributed by atoms with Gasteiger partial charge in [0, 0.05) is 25.6 Å². The van der Waals surface area contributed by atoms with Crippen LogP contribution < -0.4 is 0 Å². The Morgan fingerprint density at radius 3 is 1.96 bits per heavy atom. The summed E-state index contributed by atoms with van der Waals surface area (Å²) >= 11 is 0. The van der Waals surface area contributed by atoms with Gasteiger partial charge in [-0.2, -0.15) is 0 Å². The van der Waals surface area contributed by atoms with E-state index in [9.17, 15) is 4.79 Å². The monoisotopic (exact) mass is 362 g/mol. The van der Waals surface area contributed by atoms with Crippen LogP contribution in [0, 0.1) is 23.7 Å². The molecule has 3 rings (SSSR count). The normalized spacial score (nSPS) is 30.1. The summed E-state index contributed by atoms with van der Waals surface area (Å²) in [5, 5.41) is 0. The third-order valence-electron chi connectivity index (χ3n) is 7.79. The highest BCUT2D eigenvalue weighted by Crippen LogP contribution is 2.36. The van der Waals surface area contributed by atoms with Crippen LogP contribution in [0.15, 0.2) is 0 Å². The van der Waals surface area contributed by atoms with E-state index in [-0.39, 0.29) is 0 Å². The summed E-state index contributed by atoms with van der Waals surface area (Å²) in [5.74, 6) is 4.02. The predicted octanol–water partition coefficient (Wildman–Crippen LogP) is 4.95. The maximum atomic E-state index is 11.8. The quantitative estimate of drug-likeness (QED) is 0.691. The molecule has 3 heteroatoms. The molecule has 3 nitrogen and oxygen atoms in total. The van der Waals surface area contributed by atoms with Crippen LogP contribution in [0.5, 0.6) is 0 Å². The fourth-order valence-corrected chi connectivity index (χ4v) is 5.81. The third-order valence-corrected chi connectivity index (χ3v) is 7.79. The van der Waals surface area contributed by atoms with Crippen molar-refractivity contribution in [3.05, 3.63) is 0 Å². The fraction of sp³-hybridized carbons (Fsp3) is 0.957. The molecule has 26 heavy (non-hydrogen) atoms. The van der Waals surface area contributed by atoms with E-state index in [1.165, 1.54) is 70.9 Å². The Balaban J connectivity index is 1.34. The van der Waals surface area contributed by atoms with E-state index in [4.69, 9.17) is 0 Å². The Kier molecular flexibility index (Phi) is 7.43. The topological polar surface area (TPSA) is 23.6 Å². The highest BCUT2D eigenvalue weighted by Gasteiger charge is 2.31. The van der Waals surface area contributed by atoms with Crippen molar-refractivity contribution >= 4 is 5.91 Å². The van der Waals surface area contributed by atoms with Crippen molar-refractivity contribution in [3.8, 4) is 0 Å². The second-order valence-electron chi connectivity index (χ2n) is 9.71. The molecular weight excluding hydrogens is 320 g/mol. The first-order valence-corrected chi connectivity index (χ1v) is 11.6. The van der Waals surface area contributed by atoms with E-state index in [0.29, 0.717) is 12.3 Å². The lowest BCUT2D eigenvalue weighted by atomic mass is 9.77. The lowest BCUT2D eigenvalue weighted by molar-refractivity contribution is -0.132. The van der Waals surface area contributed by atoms with Crippen molar-refractivity contribution in [1.29, 1.82) is 0 Å². The molecule has 0 N–H and O–H groups in total. The van der Waals surface area contributed by atoms with Crippen LogP contribution in [0.4, 0.5) is 0 Å². The molecule has 1 saturated carbocycles. The van der Waals surface area contributed by atoms with E-state index in [0.717, 1.165) is 42.8 Å². The number of likely N-dealkylation sites (tertiary alicyclic amines) is 2. The first-order chi connectivity index (χ1) is 12.6. The zero-order valence-corrected chi connectivity index (χ0v) is 17.6. The zero-order chi connectivity index (χ0) is 18.5. The number of amides is 1. The van der Waals surface area contributed by atoms with Crippen LogP contribution in [0.25, 0.3) is 0 Å². The standard InChI is InChI=1S/C23H42N2O/c1-4-23(26)25-13-9-20(10-14-25)17-19-5-7-22(8-6-19)24-15-11-21(12-16-24)18(2)3/h18-22H,4-17H2,1-3H3/t19-,22+. The molecule has 3 aliphatic rings. The van der Waals surface area contributed by atoms with Gasteiger partial charge in [-0.25, -0.2) is 0 Å². The summed E-state index contributed by atoms with van der Waals surface area (Å²) in [6.45, 7) is 11.5. The second kappa shape index (κ2) is 9.57. The zero-order valence-electron chi connectivity index (χ0n) is 17.6. The van der Waals surface area contributed by atoms with Crippen LogP contribution in [-0.2, 0) is 4.79 Å². The molecule has 0 atom stereocenters. The lowest BCUT2D eigenvalue weighted by Gasteiger charge is -2.42. The van der Waals surface area contributed by atoms with Crippen LogP contribution in [0.1, 0.15) is 85.0 Å². The molecule has 0 aromatic rings. The number of piperidine rings is 2. The summed E-state index contributed by atoms with van der Waals surface area (Å²) in [5.41, 5.74) is 0. The minimum Gasteiger partial charge on any atom is -0.343 e. The highest BCUT2D eigenvalue weighted by molar-refractivity contribution is 5.75. The fourth-order valence-electron chi connectivity index (χ4n) is 5.81. The van der Waals surface area contributed by atoms with Crippen LogP contribution >= 0.6 is 0 Å². The molecular formula is C23H42N2O. The minimum atomic E-state index is 0.352. The third kappa shape index (κ3) is 5.24. The number of carbonyl (C=O) groups is 1. The van der Waals surface area contributed by atoms with E-state index in [1.54, 1.807) is 0 Å². The van der Waals surface area contributed by atoms with Crippen LogP contribution in [0.2, 0.25) is 0 Å². The predicted molar refractivity (Wildman–Crippen MR) is 109 cm³/mol. The van der Waals surface area contributed by atoms with Gasteiger partial charge in [-0.05, 0) is 94.5 Å². The molecule has 0 bridgehead atoms. The molecule has 2 heterocycles. The molecule has 1 aliphatic carbocycles. The number of nitrogens with zero attached hydrogens (tertiary/aromatic N) is 2. The van der Waals surface area contributed by atoms with Crippen LogP contribution in [-0.4, -0.2) is 47.9 Å². The Hall–Kier alpha value is -0.570. The van der Waals surface area contributed by atoms with E-state index in [2.05, 4.69) is 23.6 Å². The average molecular weight is 363 g/mol. The molecule has 150 valence electrons. The molecule has 0 unspecified atom stereocenters. The Bertz CT molecular complexity index is 425. The smallest absolute Gasteiger partial charge is 0.222 e. The molecule has 0 spiro atoms. The number of hydrogen-bond donors (Lipinski definition) is 0. The molecule has 0 radical (unpaired) electrons.